The van der Waals surface area contributed by atoms with E-state index in [0.29, 0.717) is 5.92 Å². The van der Waals surface area contributed by atoms with E-state index in [-0.39, 0.29) is 0 Å². The summed E-state index contributed by atoms with van der Waals surface area (Å²) in [5.41, 5.74) is 2.66. The molecule has 1 rings (SSSR count). The summed E-state index contributed by atoms with van der Waals surface area (Å²) in [5, 5.41) is 3.42. The second-order valence-corrected chi connectivity index (χ2v) is 5.12. The molecule has 0 amide bonds. The molecule has 0 aromatic heterocycles. The van der Waals surface area contributed by atoms with E-state index in [1.165, 1.54) is 17.7 Å². The smallest absolute Gasteiger partial charge is 0.0363 e. The number of hydrogen-bond donors (Lipinski definition) is 1. The van der Waals surface area contributed by atoms with Crippen LogP contribution in [0.5, 0.6) is 0 Å². The maximum Gasteiger partial charge on any atom is 0.0363 e. The lowest BCUT2D eigenvalue weighted by molar-refractivity contribution is 0.638. The van der Waals surface area contributed by atoms with Crippen LogP contribution in [0.25, 0.3) is 0 Å². The Morgan fingerprint density at radius 2 is 1.82 bits per heavy atom. The molecule has 17 heavy (non-hydrogen) atoms. The quantitative estimate of drug-likeness (QED) is 0.728. The van der Waals surface area contributed by atoms with E-state index in [1.54, 1.807) is 0 Å². The van der Waals surface area contributed by atoms with Crippen molar-refractivity contribution in [3.05, 3.63) is 29.8 Å². The summed E-state index contributed by atoms with van der Waals surface area (Å²) in [6.45, 7) is 9.86. The molecule has 0 unspecified atom stereocenters. The molecule has 0 aliphatic heterocycles. The standard InChI is InChI=1S/C15H26N2/c1-5-10-16-11-14-6-8-15(9-7-14)17(4)12-13(2)3/h6-9,13,16H,5,10-12H2,1-4H3. The van der Waals surface area contributed by atoms with Crippen molar-refractivity contribution < 1.29 is 0 Å². The van der Waals surface area contributed by atoms with Crippen molar-refractivity contribution >= 4 is 5.69 Å². The van der Waals surface area contributed by atoms with Gasteiger partial charge in [-0.25, -0.2) is 0 Å². The molecule has 0 saturated carbocycles. The normalized spacial score (nSPS) is 10.9. The average molecular weight is 234 g/mol. The van der Waals surface area contributed by atoms with E-state index in [2.05, 4.69) is 62.3 Å². The molecule has 0 aliphatic rings. The first-order valence-electron chi connectivity index (χ1n) is 6.64. The van der Waals surface area contributed by atoms with Crippen LogP contribution in [0.1, 0.15) is 32.8 Å². The van der Waals surface area contributed by atoms with E-state index in [9.17, 15) is 0 Å². The van der Waals surface area contributed by atoms with Gasteiger partial charge in [-0.3, -0.25) is 0 Å². The molecule has 0 fully saturated rings. The summed E-state index contributed by atoms with van der Waals surface area (Å²) in [5.74, 6) is 0.700. The zero-order chi connectivity index (χ0) is 12.7. The lowest BCUT2D eigenvalue weighted by Gasteiger charge is -2.21. The lowest BCUT2D eigenvalue weighted by atomic mass is 10.1. The SMILES string of the molecule is CCCNCc1ccc(N(C)CC(C)C)cc1. The average Bonchev–Trinajstić information content (AvgIpc) is 2.29. The van der Waals surface area contributed by atoms with Gasteiger partial charge in [0.2, 0.25) is 0 Å². The molecule has 0 atom stereocenters. The summed E-state index contributed by atoms with van der Waals surface area (Å²) < 4.78 is 0. The minimum atomic E-state index is 0.700. The summed E-state index contributed by atoms with van der Waals surface area (Å²) in [6, 6.07) is 8.86. The number of anilines is 1. The van der Waals surface area contributed by atoms with Crippen LogP contribution >= 0.6 is 0 Å². The van der Waals surface area contributed by atoms with Gasteiger partial charge < -0.3 is 10.2 Å². The zero-order valence-corrected chi connectivity index (χ0v) is 11.7. The van der Waals surface area contributed by atoms with Gasteiger partial charge in [-0.2, -0.15) is 0 Å². The van der Waals surface area contributed by atoms with Gasteiger partial charge in [-0.05, 0) is 36.6 Å². The molecule has 0 saturated heterocycles. The molecular weight excluding hydrogens is 208 g/mol. The first-order chi connectivity index (χ1) is 8.13. The molecule has 1 aromatic carbocycles. The number of nitrogens with one attached hydrogen (secondary N) is 1. The van der Waals surface area contributed by atoms with Crippen molar-refractivity contribution in [2.75, 3.05) is 25.0 Å². The van der Waals surface area contributed by atoms with E-state index >= 15 is 0 Å². The van der Waals surface area contributed by atoms with Crippen LogP contribution in [0.2, 0.25) is 0 Å². The minimum Gasteiger partial charge on any atom is -0.374 e. The fraction of sp³-hybridized carbons (Fsp3) is 0.600. The maximum absolute atomic E-state index is 3.42. The highest BCUT2D eigenvalue weighted by atomic mass is 15.1. The third-order valence-electron chi connectivity index (χ3n) is 2.77. The molecule has 0 heterocycles. The molecule has 2 nitrogen and oxygen atoms in total. The third kappa shape index (κ3) is 5.22. The second kappa shape index (κ2) is 7.33. The topological polar surface area (TPSA) is 15.3 Å². The highest BCUT2D eigenvalue weighted by Gasteiger charge is 2.03. The highest BCUT2D eigenvalue weighted by Crippen LogP contribution is 2.15. The fourth-order valence-electron chi connectivity index (χ4n) is 1.93. The van der Waals surface area contributed by atoms with Crippen molar-refractivity contribution in [3.63, 3.8) is 0 Å². The predicted molar refractivity (Wildman–Crippen MR) is 76.5 cm³/mol. The van der Waals surface area contributed by atoms with Gasteiger partial charge in [0, 0.05) is 25.8 Å². The van der Waals surface area contributed by atoms with Gasteiger partial charge in [-0.1, -0.05) is 32.9 Å². The van der Waals surface area contributed by atoms with Crippen LogP contribution in [0.15, 0.2) is 24.3 Å². The van der Waals surface area contributed by atoms with E-state index in [4.69, 9.17) is 0 Å². The van der Waals surface area contributed by atoms with E-state index in [1.807, 2.05) is 0 Å². The van der Waals surface area contributed by atoms with Crippen molar-refractivity contribution in [2.24, 2.45) is 5.92 Å². The van der Waals surface area contributed by atoms with Crippen LogP contribution in [0.4, 0.5) is 5.69 Å². The van der Waals surface area contributed by atoms with Crippen molar-refractivity contribution in [1.82, 2.24) is 5.32 Å². The van der Waals surface area contributed by atoms with Crippen LogP contribution in [0, 0.1) is 5.92 Å². The highest BCUT2D eigenvalue weighted by molar-refractivity contribution is 5.46. The van der Waals surface area contributed by atoms with Gasteiger partial charge in [0.05, 0.1) is 0 Å². The Hall–Kier alpha value is -1.02. The molecule has 2 heteroatoms. The first-order valence-corrected chi connectivity index (χ1v) is 6.64. The Labute approximate surface area is 106 Å². The monoisotopic (exact) mass is 234 g/mol. The minimum absolute atomic E-state index is 0.700. The molecule has 0 aliphatic carbocycles. The van der Waals surface area contributed by atoms with Crippen LogP contribution in [-0.4, -0.2) is 20.1 Å². The van der Waals surface area contributed by atoms with Crippen molar-refractivity contribution in [1.29, 1.82) is 0 Å². The number of rotatable bonds is 7. The van der Waals surface area contributed by atoms with Gasteiger partial charge in [-0.15, -0.1) is 0 Å². The Balaban J connectivity index is 2.49. The van der Waals surface area contributed by atoms with E-state index in [0.717, 1.165) is 19.6 Å². The number of benzene rings is 1. The number of hydrogen-bond acceptors (Lipinski definition) is 2. The van der Waals surface area contributed by atoms with Gasteiger partial charge in [0.15, 0.2) is 0 Å². The summed E-state index contributed by atoms with van der Waals surface area (Å²) >= 11 is 0. The van der Waals surface area contributed by atoms with Crippen molar-refractivity contribution in [2.45, 2.75) is 33.7 Å². The third-order valence-corrected chi connectivity index (χ3v) is 2.77. The van der Waals surface area contributed by atoms with Gasteiger partial charge in [0.25, 0.3) is 0 Å². The predicted octanol–water partition coefficient (Wildman–Crippen LogP) is 3.28. The van der Waals surface area contributed by atoms with E-state index < -0.39 is 0 Å². The fourth-order valence-corrected chi connectivity index (χ4v) is 1.93. The van der Waals surface area contributed by atoms with Gasteiger partial charge in [0.1, 0.15) is 0 Å². The molecule has 1 aromatic rings. The first kappa shape index (κ1) is 14.0. The Kier molecular flexibility index (Phi) is 6.06. The number of nitrogens with zero attached hydrogens (tertiary/aromatic N) is 1. The molecule has 1 N–H and O–H groups in total. The lowest BCUT2D eigenvalue weighted by Crippen LogP contribution is -2.22. The Bertz CT molecular complexity index is 303. The molecule has 0 bridgehead atoms. The molecular formula is C15H26N2. The maximum atomic E-state index is 3.42. The van der Waals surface area contributed by atoms with Crippen LogP contribution < -0.4 is 10.2 Å². The van der Waals surface area contributed by atoms with Crippen LogP contribution in [0.3, 0.4) is 0 Å². The Morgan fingerprint density at radius 3 is 2.35 bits per heavy atom. The molecule has 0 spiro atoms. The summed E-state index contributed by atoms with van der Waals surface area (Å²) in [7, 11) is 2.16. The zero-order valence-electron chi connectivity index (χ0n) is 11.7. The van der Waals surface area contributed by atoms with Crippen molar-refractivity contribution in [3.8, 4) is 0 Å². The molecule has 0 radical (unpaired) electrons. The second-order valence-electron chi connectivity index (χ2n) is 5.12. The summed E-state index contributed by atoms with van der Waals surface area (Å²) in [4.78, 5) is 2.31. The largest absolute Gasteiger partial charge is 0.374 e. The van der Waals surface area contributed by atoms with Gasteiger partial charge >= 0.3 is 0 Å². The molecule has 96 valence electrons. The van der Waals surface area contributed by atoms with Crippen LogP contribution in [-0.2, 0) is 6.54 Å². The summed E-state index contributed by atoms with van der Waals surface area (Å²) in [6.07, 6.45) is 1.19. The Morgan fingerprint density at radius 1 is 1.18 bits per heavy atom.